The van der Waals surface area contributed by atoms with Crippen LogP contribution in [0.4, 0.5) is 0 Å². The van der Waals surface area contributed by atoms with Gasteiger partial charge in [0, 0.05) is 16.5 Å². The van der Waals surface area contributed by atoms with Crippen LogP contribution in [0.2, 0.25) is 0 Å². The van der Waals surface area contributed by atoms with Crippen molar-refractivity contribution in [2.24, 2.45) is 0 Å². The molecular weight excluding hydrogens is 218 g/mol. The van der Waals surface area contributed by atoms with Gasteiger partial charge in [0.05, 0.1) is 11.0 Å². The quantitative estimate of drug-likeness (QED) is 0.558. The van der Waals surface area contributed by atoms with Crippen molar-refractivity contribution >= 4 is 27.5 Å². The average Bonchev–Trinajstić information content (AvgIpc) is 2.76. The number of allylic oxidation sites excluding steroid dienone is 3. The second kappa shape index (κ2) is 4.19. The lowest BCUT2D eigenvalue weighted by Gasteiger charge is -2.07. The van der Waals surface area contributed by atoms with E-state index in [1.807, 2.05) is 13.0 Å². The minimum absolute atomic E-state index is 1.12. The molecule has 1 heterocycles. The summed E-state index contributed by atoms with van der Waals surface area (Å²) < 4.78 is 2.26. The van der Waals surface area contributed by atoms with Crippen LogP contribution in [-0.2, 0) is 0 Å². The van der Waals surface area contributed by atoms with Gasteiger partial charge in [-0.05, 0) is 25.1 Å². The molecule has 88 valence electrons. The molecule has 0 aliphatic carbocycles. The monoisotopic (exact) mass is 233 g/mol. The van der Waals surface area contributed by atoms with Gasteiger partial charge < -0.3 is 4.57 Å². The fourth-order valence-corrected chi connectivity index (χ4v) is 2.54. The van der Waals surface area contributed by atoms with Crippen molar-refractivity contribution < 1.29 is 0 Å². The minimum Gasteiger partial charge on any atom is -0.310 e. The van der Waals surface area contributed by atoms with E-state index in [-0.39, 0.29) is 0 Å². The molecule has 18 heavy (non-hydrogen) atoms. The Morgan fingerprint density at radius 2 is 1.44 bits per heavy atom. The average molecular weight is 233 g/mol. The predicted molar refractivity (Wildman–Crippen MR) is 79.6 cm³/mol. The van der Waals surface area contributed by atoms with Gasteiger partial charge in [0.25, 0.3) is 0 Å². The van der Waals surface area contributed by atoms with Crippen LogP contribution in [0.25, 0.3) is 27.5 Å². The molecule has 0 atom stereocenters. The van der Waals surface area contributed by atoms with Gasteiger partial charge >= 0.3 is 0 Å². The number of fused-ring (bicyclic) bond motifs is 3. The van der Waals surface area contributed by atoms with Gasteiger partial charge in [0.2, 0.25) is 0 Å². The Labute approximate surface area is 107 Å². The Morgan fingerprint density at radius 3 is 1.89 bits per heavy atom. The predicted octanol–water partition coefficient (Wildman–Crippen LogP) is 4.84. The molecule has 0 aliphatic rings. The van der Waals surface area contributed by atoms with E-state index in [9.17, 15) is 0 Å². The first kappa shape index (κ1) is 10.8. The first-order valence-corrected chi connectivity index (χ1v) is 6.14. The summed E-state index contributed by atoms with van der Waals surface area (Å²) in [5, 5.41) is 2.57. The Hall–Kier alpha value is -2.28. The molecular formula is C17H15N. The summed E-state index contributed by atoms with van der Waals surface area (Å²) in [6.07, 6.45) is 3.99. The third kappa shape index (κ3) is 1.41. The Kier molecular flexibility index (Phi) is 2.52. The molecule has 0 fully saturated rings. The van der Waals surface area contributed by atoms with Crippen LogP contribution >= 0.6 is 0 Å². The number of benzene rings is 2. The zero-order valence-electron chi connectivity index (χ0n) is 10.4. The van der Waals surface area contributed by atoms with Crippen molar-refractivity contribution in [2.75, 3.05) is 0 Å². The number of para-hydroxylation sites is 2. The molecule has 1 nitrogen and oxygen atoms in total. The van der Waals surface area contributed by atoms with E-state index >= 15 is 0 Å². The van der Waals surface area contributed by atoms with Crippen molar-refractivity contribution in [3.8, 4) is 0 Å². The summed E-state index contributed by atoms with van der Waals surface area (Å²) in [7, 11) is 0. The molecule has 0 saturated heterocycles. The Balaban J connectivity index is 2.57. The lowest BCUT2D eigenvalue weighted by molar-refractivity contribution is 1.23. The zero-order valence-corrected chi connectivity index (χ0v) is 10.4. The molecule has 0 radical (unpaired) electrons. The highest BCUT2D eigenvalue weighted by atomic mass is 15.0. The van der Waals surface area contributed by atoms with E-state index in [1.54, 1.807) is 0 Å². The van der Waals surface area contributed by atoms with Gasteiger partial charge in [0.1, 0.15) is 0 Å². The Morgan fingerprint density at radius 1 is 0.944 bits per heavy atom. The van der Waals surface area contributed by atoms with Gasteiger partial charge in [0.15, 0.2) is 0 Å². The first-order chi connectivity index (χ1) is 8.86. The highest BCUT2D eigenvalue weighted by molar-refractivity contribution is 6.10. The van der Waals surface area contributed by atoms with E-state index in [1.165, 1.54) is 21.8 Å². The molecule has 1 aromatic heterocycles. The largest absolute Gasteiger partial charge is 0.310 e. The summed E-state index contributed by atoms with van der Waals surface area (Å²) in [6, 6.07) is 17.0. The number of aromatic nitrogens is 1. The maximum atomic E-state index is 3.91. The summed E-state index contributed by atoms with van der Waals surface area (Å²) in [4.78, 5) is 0. The molecule has 2 aromatic carbocycles. The van der Waals surface area contributed by atoms with Crippen LogP contribution in [0.3, 0.4) is 0 Å². The third-order valence-corrected chi connectivity index (χ3v) is 3.34. The van der Waals surface area contributed by atoms with Crippen LogP contribution in [0.5, 0.6) is 0 Å². The number of nitrogens with zero attached hydrogens (tertiary/aromatic N) is 1. The molecule has 1 heteroatoms. The lowest BCUT2D eigenvalue weighted by atomic mass is 10.2. The van der Waals surface area contributed by atoms with Gasteiger partial charge in [-0.15, -0.1) is 0 Å². The number of hydrogen-bond acceptors (Lipinski definition) is 0. The summed E-state index contributed by atoms with van der Waals surface area (Å²) in [5.41, 5.74) is 3.57. The van der Waals surface area contributed by atoms with E-state index < -0.39 is 0 Å². The van der Waals surface area contributed by atoms with Crippen molar-refractivity contribution in [3.05, 3.63) is 67.3 Å². The van der Waals surface area contributed by atoms with E-state index in [4.69, 9.17) is 0 Å². The van der Waals surface area contributed by atoms with E-state index in [0.717, 1.165) is 5.70 Å². The molecule has 0 spiro atoms. The van der Waals surface area contributed by atoms with E-state index in [0.29, 0.717) is 0 Å². The van der Waals surface area contributed by atoms with Crippen LogP contribution in [0.15, 0.2) is 67.3 Å². The highest BCUT2D eigenvalue weighted by Gasteiger charge is 2.10. The maximum Gasteiger partial charge on any atom is 0.0540 e. The number of hydrogen-bond donors (Lipinski definition) is 0. The summed E-state index contributed by atoms with van der Waals surface area (Å²) >= 11 is 0. The molecule has 3 rings (SSSR count). The molecule has 0 N–H and O–H groups in total. The summed E-state index contributed by atoms with van der Waals surface area (Å²) in [6.45, 7) is 5.95. The van der Waals surface area contributed by atoms with Crippen molar-refractivity contribution in [3.63, 3.8) is 0 Å². The molecule has 0 saturated carbocycles. The highest BCUT2D eigenvalue weighted by Crippen LogP contribution is 2.31. The molecule has 0 unspecified atom stereocenters. The zero-order chi connectivity index (χ0) is 12.5. The fraction of sp³-hybridized carbons (Fsp3) is 0.0588. The maximum absolute atomic E-state index is 3.91. The van der Waals surface area contributed by atoms with Crippen molar-refractivity contribution in [1.29, 1.82) is 0 Å². The van der Waals surface area contributed by atoms with Crippen LogP contribution < -0.4 is 0 Å². The van der Waals surface area contributed by atoms with Gasteiger partial charge in [-0.3, -0.25) is 0 Å². The van der Waals surface area contributed by atoms with Crippen molar-refractivity contribution in [2.45, 2.75) is 6.92 Å². The smallest absolute Gasteiger partial charge is 0.0540 e. The van der Waals surface area contributed by atoms with Gasteiger partial charge in [-0.25, -0.2) is 0 Å². The topological polar surface area (TPSA) is 4.93 Å². The number of rotatable bonds is 2. The van der Waals surface area contributed by atoms with Gasteiger partial charge in [-0.2, -0.15) is 0 Å². The fourth-order valence-electron chi connectivity index (χ4n) is 2.54. The normalized spacial score (nSPS) is 12.2. The standard InChI is InChI=1S/C17H15N/c1-3-13(4-2)18-16-11-7-5-9-14(16)15-10-6-8-12-17(15)18/h3-12H,1H2,2H3. The second-order valence-electron chi connectivity index (χ2n) is 4.29. The lowest BCUT2D eigenvalue weighted by Crippen LogP contribution is -1.93. The first-order valence-electron chi connectivity index (χ1n) is 6.14. The Bertz CT molecular complexity index is 706. The molecule has 3 aromatic rings. The van der Waals surface area contributed by atoms with Crippen molar-refractivity contribution in [1.82, 2.24) is 4.57 Å². The summed E-state index contributed by atoms with van der Waals surface area (Å²) in [5.74, 6) is 0. The van der Waals surface area contributed by atoms with Gasteiger partial charge in [-0.1, -0.05) is 49.1 Å². The molecule has 0 aliphatic heterocycles. The SMILES string of the molecule is C=CC(=CC)n1c2ccccc2c2ccccc21. The minimum atomic E-state index is 1.12. The molecule has 0 bridgehead atoms. The van der Waals surface area contributed by atoms with Crippen LogP contribution in [0, 0.1) is 0 Å². The third-order valence-electron chi connectivity index (χ3n) is 3.34. The second-order valence-corrected chi connectivity index (χ2v) is 4.29. The van der Waals surface area contributed by atoms with Crippen LogP contribution in [-0.4, -0.2) is 4.57 Å². The molecule has 0 amide bonds. The van der Waals surface area contributed by atoms with Crippen LogP contribution in [0.1, 0.15) is 6.92 Å². The van der Waals surface area contributed by atoms with E-state index in [2.05, 4.69) is 65.8 Å².